The molecule has 0 aromatic heterocycles. The second-order valence-electron chi connectivity index (χ2n) is 3.23. The van der Waals surface area contributed by atoms with Gasteiger partial charge in [0.05, 0.1) is 19.3 Å². The SMILES string of the molecule is CCOCCOC1CNC(C)C1. The fraction of sp³-hybridized carbons (Fsp3) is 1.00. The van der Waals surface area contributed by atoms with Crippen LogP contribution < -0.4 is 5.32 Å². The van der Waals surface area contributed by atoms with Gasteiger partial charge in [0, 0.05) is 19.2 Å². The minimum absolute atomic E-state index is 0.403. The molecule has 1 heterocycles. The molecule has 12 heavy (non-hydrogen) atoms. The van der Waals surface area contributed by atoms with Gasteiger partial charge in [0.15, 0.2) is 0 Å². The highest BCUT2D eigenvalue weighted by atomic mass is 16.5. The van der Waals surface area contributed by atoms with Crippen LogP contribution in [0.25, 0.3) is 0 Å². The molecule has 0 bridgehead atoms. The van der Waals surface area contributed by atoms with Gasteiger partial charge in [0.1, 0.15) is 0 Å². The Bertz CT molecular complexity index is 119. The van der Waals surface area contributed by atoms with Gasteiger partial charge in [-0.25, -0.2) is 0 Å². The van der Waals surface area contributed by atoms with Crippen molar-refractivity contribution < 1.29 is 9.47 Å². The van der Waals surface area contributed by atoms with Crippen molar-refractivity contribution >= 4 is 0 Å². The average molecular weight is 173 g/mol. The van der Waals surface area contributed by atoms with Crippen molar-refractivity contribution in [1.82, 2.24) is 5.32 Å². The van der Waals surface area contributed by atoms with E-state index in [-0.39, 0.29) is 0 Å². The van der Waals surface area contributed by atoms with Crippen molar-refractivity contribution in [3.63, 3.8) is 0 Å². The standard InChI is InChI=1S/C9H19NO2/c1-3-11-4-5-12-9-6-8(2)10-7-9/h8-10H,3-7H2,1-2H3. The number of nitrogens with one attached hydrogen (secondary N) is 1. The normalized spacial score (nSPS) is 29.5. The first-order valence-electron chi connectivity index (χ1n) is 4.75. The van der Waals surface area contributed by atoms with Crippen molar-refractivity contribution in [2.45, 2.75) is 32.4 Å². The molecular weight excluding hydrogens is 154 g/mol. The molecule has 2 unspecified atom stereocenters. The molecule has 3 nitrogen and oxygen atoms in total. The Labute approximate surface area is 74.4 Å². The Kier molecular flexibility index (Phi) is 4.58. The van der Waals surface area contributed by atoms with Crippen LogP contribution in [-0.2, 0) is 9.47 Å². The molecule has 0 aliphatic carbocycles. The van der Waals surface area contributed by atoms with Gasteiger partial charge in [-0.2, -0.15) is 0 Å². The summed E-state index contributed by atoms with van der Waals surface area (Å²) in [5, 5.41) is 3.34. The lowest BCUT2D eigenvalue weighted by atomic mass is 10.2. The highest BCUT2D eigenvalue weighted by molar-refractivity contribution is 4.78. The largest absolute Gasteiger partial charge is 0.379 e. The van der Waals surface area contributed by atoms with Crippen molar-refractivity contribution in [2.75, 3.05) is 26.4 Å². The Morgan fingerprint density at radius 1 is 1.42 bits per heavy atom. The van der Waals surface area contributed by atoms with E-state index in [9.17, 15) is 0 Å². The van der Waals surface area contributed by atoms with Gasteiger partial charge in [0.2, 0.25) is 0 Å². The first-order chi connectivity index (χ1) is 5.83. The van der Waals surface area contributed by atoms with E-state index in [1.807, 2.05) is 6.92 Å². The molecule has 0 radical (unpaired) electrons. The molecule has 1 saturated heterocycles. The lowest BCUT2D eigenvalue weighted by Crippen LogP contribution is -2.20. The fourth-order valence-electron chi connectivity index (χ4n) is 1.44. The van der Waals surface area contributed by atoms with Crippen LogP contribution >= 0.6 is 0 Å². The topological polar surface area (TPSA) is 30.5 Å². The van der Waals surface area contributed by atoms with Crippen LogP contribution in [0.3, 0.4) is 0 Å². The summed E-state index contributed by atoms with van der Waals surface area (Å²) in [6.07, 6.45) is 1.53. The maximum atomic E-state index is 5.59. The van der Waals surface area contributed by atoms with Crippen molar-refractivity contribution in [1.29, 1.82) is 0 Å². The zero-order valence-electron chi connectivity index (χ0n) is 8.01. The molecule has 0 spiro atoms. The first-order valence-corrected chi connectivity index (χ1v) is 4.75. The third kappa shape index (κ3) is 3.52. The minimum Gasteiger partial charge on any atom is -0.379 e. The van der Waals surface area contributed by atoms with Crippen LogP contribution in [0.5, 0.6) is 0 Å². The smallest absolute Gasteiger partial charge is 0.0715 e. The highest BCUT2D eigenvalue weighted by Gasteiger charge is 2.20. The van der Waals surface area contributed by atoms with E-state index in [1.165, 1.54) is 0 Å². The minimum atomic E-state index is 0.403. The maximum absolute atomic E-state index is 5.59. The molecule has 0 saturated carbocycles. The van der Waals surface area contributed by atoms with Crippen LogP contribution in [0.15, 0.2) is 0 Å². The Hall–Kier alpha value is -0.120. The molecule has 1 aliphatic rings. The summed E-state index contributed by atoms with van der Waals surface area (Å²) in [6.45, 7) is 7.41. The summed E-state index contributed by atoms with van der Waals surface area (Å²) in [7, 11) is 0. The second kappa shape index (κ2) is 5.51. The molecule has 1 aliphatic heterocycles. The molecule has 0 aromatic carbocycles. The number of hydrogen-bond donors (Lipinski definition) is 1. The number of ether oxygens (including phenoxy) is 2. The summed E-state index contributed by atoms with van der Waals surface area (Å²) in [6, 6.07) is 0.613. The lowest BCUT2D eigenvalue weighted by Gasteiger charge is -2.09. The molecule has 3 heteroatoms. The van der Waals surface area contributed by atoms with Crippen LogP contribution in [0, 0.1) is 0 Å². The Balaban J connectivity index is 1.93. The average Bonchev–Trinajstić information content (AvgIpc) is 2.45. The van der Waals surface area contributed by atoms with Gasteiger partial charge in [-0.05, 0) is 20.3 Å². The van der Waals surface area contributed by atoms with E-state index in [0.717, 1.165) is 32.8 Å². The van der Waals surface area contributed by atoms with E-state index in [4.69, 9.17) is 9.47 Å². The van der Waals surface area contributed by atoms with Gasteiger partial charge in [-0.3, -0.25) is 0 Å². The van der Waals surface area contributed by atoms with Gasteiger partial charge in [-0.15, -0.1) is 0 Å². The van der Waals surface area contributed by atoms with Crippen LogP contribution in [0.4, 0.5) is 0 Å². The monoisotopic (exact) mass is 173 g/mol. The molecule has 1 rings (SSSR count). The zero-order valence-corrected chi connectivity index (χ0v) is 8.01. The van der Waals surface area contributed by atoms with Crippen molar-refractivity contribution in [3.05, 3.63) is 0 Å². The summed E-state index contributed by atoms with van der Waals surface area (Å²) >= 11 is 0. The number of hydrogen-bond acceptors (Lipinski definition) is 3. The third-order valence-corrected chi connectivity index (χ3v) is 2.10. The molecule has 0 amide bonds. The fourth-order valence-corrected chi connectivity index (χ4v) is 1.44. The van der Waals surface area contributed by atoms with Gasteiger partial charge < -0.3 is 14.8 Å². The van der Waals surface area contributed by atoms with E-state index in [2.05, 4.69) is 12.2 Å². The Morgan fingerprint density at radius 3 is 2.83 bits per heavy atom. The molecule has 2 atom stereocenters. The molecule has 1 fully saturated rings. The molecule has 72 valence electrons. The predicted octanol–water partition coefficient (Wildman–Crippen LogP) is 0.790. The summed E-state index contributed by atoms with van der Waals surface area (Å²) in [5.74, 6) is 0. The van der Waals surface area contributed by atoms with Gasteiger partial charge in [0.25, 0.3) is 0 Å². The van der Waals surface area contributed by atoms with E-state index < -0.39 is 0 Å². The molecule has 1 N–H and O–H groups in total. The Morgan fingerprint density at radius 2 is 2.25 bits per heavy atom. The second-order valence-corrected chi connectivity index (χ2v) is 3.23. The summed E-state index contributed by atoms with van der Waals surface area (Å²) < 4.78 is 10.8. The first kappa shape index (κ1) is 9.96. The maximum Gasteiger partial charge on any atom is 0.0715 e. The van der Waals surface area contributed by atoms with E-state index >= 15 is 0 Å². The van der Waals surface area contributed by atoms with Crippen molar-refractivity contribution in [3.8, 4) is 0 Å². The van der Waals surface area contributed by atoms with E-state index in [1.54, 1.807) is 0 Å². The predicted molar refractivity (Wildman–Crippen MR) is 48.3 cm³/mol. The van der Waals surface area contributed by atoms with Gasteiger partial charge in [-0.1, -0.05) is 0 Å². The third-order valence-electron chi connectivity index (χ3n) is 2.10. The van der Waals surface area contributed by atoms with Crippen LogP contribution in [-0.4, -0.2) is 38.5 Å². The number of rotatable bonds is 5. The lowest BCUT2D eigenvalue weighted by molar-refractivity contribution is 0.0154. The quantitative estimate of drug-likeness (QED) is 0.623. The van der Waals surface area contributed by atoms with Crippen LogP contribution in [0.1, 0.15) is 20.3 Å². The zero-order chi connectivity index (χ0) is 8.81. The van der Waals surface area contributed by atoms with Crippen LogP contribution in [0.2, 0.25) is 0 Å². The molecule has 0 aromatic rings. The van der Waals surface area contributed by atoms with Crippen molar-refractivity contribution in [2.24, 2.45) is 0 Å². The van der Waals surface area contributed by atoms with E-state index in [0.29, 0.717) is 12.1 Å². The highest BCUT2D eigenvalue weighted by Crippen LogP contribution is 2.08. The summed E-state index contributed by atoms with van der Waals surface area (Å²) in [5.41, 5.74) is 0. The summed E-state index contributed by atoms with van der Waals surface area (Å²) in [4.78, 5) is 0. The van der Waals surface area contributed by atoms with Gasteiger partial charge >= 0.3 is 0 Å². The molecular formula is C9H19NO2.